The number of hydrogen-bond acceptors (Lipinski definition) is 4. The van der Waals surface area contributed by atoms with Gasteiger partial charge in [-0.3, -0.25) is 0 Å². The molecule has 0 aliphatic carbocycles. The molecule has 2 aliphatic rings. The number of fused-ring (bicyclic) bond motifs is 10. The van der Waals surface area contributed by atoms with E-state index < -0.39 is 10.8 Å². The molecule has 2 aromatic heterocycles. The lowest BCUT2D eigenvalue weighted by Gasteiger charge is -2.46. The number of hydrogen-bond donors (Lipinski definition) is 0. The van der Waals surface area contributed by atoms with E-state index in [4.69, 9.17) is 0 Å². The van der Waals surface area contributed by atoms with E-state index in [-0.39, 0.29) is 0 Å². The minimum atomic E-state index is -0.635. The maximum absolute atomic E-state index is 2.47. The van der Waals surface area contributed by atoms with Gasteiger partial charge in [0.05, 0.1) is 55.6 Å². The Balaban J connectivity index is 0.000000149. The molecule has 0 N–H and O–H groups in total. The van der Waals surface area contributed by atoms with Crippen LogP contribution < -0.4 is 19.6 Å². The molecule has 6 nitrogen and oxygen atoms in total. The highest BCUT2D eigenvalue weighted by molar-refractivity contribution is 6.11. The summed E-state index contributed by atoms with van der Waals surface area (Å²) in [6.45, 7) is 0. The average Bonchev–Trinajstić information content (AvgIpc) is 0.826. The van der Waals surface area contributed by atoms with Crippen LogP contribution in [0, 0.1) is 0 Å². The van der Waals surface area contributed by atoms with Crippen molar-refractivity contribution >= 4 is 112 Å². The van der Waals surface area contributed by atoms with Gasteiger partial charge in [0.1, 0.15) is 0 Å². The normalized spacial score (nSPS) is 12.8. The van der Waals surface area contributed by atoms with Gasteiger partial charge in [-0.15, -0.1) is 0 Å². The van der Waals surface area contributed by atoms with Crippen LogP contribution >= 0.6 is 0 Å². The van der Waals surface area contributed by atoms with Crippen molar-refractivity contribution in [2.45, 2.75) is 10.8 Å². The SMILES string of the molecule is c1ccc(-c2ccc(N(c3ccc(-c4ccccc4)cc3)c3ccc(N4c5ccccc5C(c5ccccc5)(c5ccc6c(c5)c5ccccc5n6-c5ccccc5)c5ccccc54)cc3)cc2)cc1.c1ccc(N(c2ccccc2)c2ccc(N3c4ccccc4C(c4ccccc4)(c4ccc5c(c4)c4ccccc4n5-c4ccccc4)c4ccccc43)cc2)cc1. The van der Waals surface area contributed by atoms with Crippen LogP contribution in [0.3, 0.4) is 0 Å². The quantitative estimate of drug-likeness (QED) is 0.0962. The largest absolute Gasteiger partial charge is 0.311 e. The minimum Gasteiger partial charge on any atom is -0.311 e. The molecule has 0 bridgehead atoms. The predicted octanol–water partition coefficient (Wildman–Crippen LogP) is 32.2. The maximum Gasteiger partial charge on any atom is 0.0742 e. The molecule has 0 unspecified atom stereocenters. The van der Waals surface area contributed by atoms with Crippen molar-refractivity contribution in [3.63, 3.8) is 0 Å². The third-order valence-electron chi connectivity index (χ3n) is 26.1. The van der Waals surface area contributed by atoms with Crippen LogP contribution in [0.2, 0.25) is 0 Å². The van der Waals surface area contributed by atoms with Crippen molar-refractivity contribution in [3.05, 3.63) is 566 Å². The predicted molar refractivity (Wildman–Crippen MR) is 535 cm³/mol. The van der Waals surface area contributed by atoms with E-state index >= 15 is 0 Å². The third kappa shape index (κ3) is 12.9. The molecule has 4 heterocycles. The van der Waals surface area contributed by atoms with Gasteiger partial charge < -0.3 is 28.7 Å². The zero-order chi connectivity index (χ0) is 84.9. The molecule has 20 aromatic carbocycles. The highest BCUT2D eigenvalue weighted by Gasteiger charge is 2.49. The second kappa shape index (κ2) is 32.5. The molecule has 2 aliphatic heterocycles. The Kier molecular flexibility index (Phi) is 19.3. The van der Waals surface area contributed by atoms with Crippen LogP contribution in [0.15, 0.2) is 522 Å². The zero-order valence-electron chi connectivity index (χ0n) is 70.3. The molecular formula is C122H86N6. The van der Waals surface area contributed by atoms with Crippen LogP contribution in [-0.4, -0.2) is 9.13 Å². The summed E-state index contributed by atoms with van der Waals surface area (Å²) in [6.07, 6.45) is 0. The molecular weight excluding hydrogens is 1550 g/mol. The van der Waals surface area contributed by atoms with E-state index in [2.05, 4.69) is 550 Å². The highest BCUT2D eigenvalue weighted by Crippen LogP contribution is 2.61. The fraction of sp³-hybridized carbons (Fsp3) is 0.0164. The average molecular weight is 1640 g/mol. The number of aromatic nitrogens is 2. The summed E-state index contributed by atoms with van der Waals surface area (Å²) in [5.41, 5.74) is 33.9. The lowest BCUT2D eigenvalue weighted by molar-refractivity contribution is 0.732. The standard InChI is InChI=1S/C67H47N3.C55H39N3/c1-5-19-48(20-6-1)50-33-38-55(39-34-50)68(56-40-35-51(36-41-56)49-21-7-2-8-22-49)57-42-44-58(45-43-57)70-65-31-17-14-28-61(65)67(52-23-9-3-10-24-52,62-29-15-18-32-66(62)70)53-37-46-64-60(47-53)59-27-13-16-30-63(59)69(64)54-25-11-4-12-26-54;1-5-19-40(20-6-1)55(41-33-38-52-48(39-41)47-27-13-16-30-51(47)57(52)44-25-11-4-12-26-44)49-28-14-17-31-53(49)58(54-32-18-15-29-50(54)55)46-36-34-45(35-37-46)56(42-21-7-2-8-22-42)43-23-9-3-10-24-43/h1-47H;1-39H. The Labute approximate surface area is 746 Å². The van der Waals surface area contributed by atoms with Crippen molar-refractivity contribution in [3.8, 4) is 33.6 Å². The summed E-state index contributed by atoms with van der Waals surface area (Å²) >= 11 is 0. The van der Waals surface area contributed by atoms with Crippen LogP contribution in [0.1, 0.15) is 44.5 Å². The van der Waals surface area contributed by atoms with Gasteiger partial charge in [0.15, 0.2) is 0 Å². The van der Waals surface area contributed by atoms with Gasteiger partial charge in [0.2, 0.25) is 0 Å². The number of rotatable bonds is 16. The molecule has 0 atom stereocenters. The Morgan fingerprint density at radius 1 is 0.156 bits per heavy atom. The summed E-state index contributed by atoms with van der Waals surface area (Å²) in [5.74, 6) is 0. The Bertz CT molecular complexity index is 7540. The van der Waals surface area contributed by atoms with Crippen LogP contribution in [-0.2, 0) is 10.8 Å². The van der Waals surface area contributed by atoms with E-state index in [9.17, 15) is 0 Å². The van der Waals surface area contributed by atoms with Crippen molar-refractivity contribution in [2.75, 3.05) is 19.6 Å². The first-order valence-corrected chi connectivity index (χ1v) is 44.0. The van der Waals surface area contributed by atoms with Gasteiger partial charge in [-0.25, -0.2) is 0 Å². The summed E-state index contributed by atoms with van der Waals surface area (Å²) < 4.78 is 4.80. The second-order valence-electron chi connectivity index (χ2n) is 33.0. The number of nitrogens with zero attached hydrogens (tertiary/aromatic N) is 6. The topological polar surface area (TPSA) is 22.8 Å². The van der Waals surface area contributed by atoms with E-state index in [1.165, 1.54) is 110 Å². The van der Waals surface area contributed by atoms with Gasteiger partial charge in [-0.1, -0.05) is 340 Å². The summed E-state index contributed by atoms with van der Waals surface area (Å²) in [5, 5.41) is 4.94. The van der Waals surface area contributed by atoms with Crippen LogP contribution in [0.25, 0.3) is 77.2 Å². The summed E-state index contributed by atoms with van der Waals surface area (Å²) in [6, 6.07) is 190. The van der Waals surface area contributed by atoms with E-state index in [1.54, 1.807) is 0 Å². The van der Waals surface area contributed by atoms with E-state index in [0.717, 1.165) is 79.6 Å². The van der Waals surface area contributed by atoms with E-state index in [1.807, 2.05) is 0 Å². The van der Waals surface area contributed by atoms with Crippen molar-refractivity contribution in [1.29, 1.82) is 0 Å². The Morgan fingerprint density at radius 3 is 0.727 bits per heavy atom. The second-order valence-corrected chi connectivity index (χ2v) is 33.0. The molecule has 128 heavy (non-hydrogen) atoms. The fourth-order valence-corrected chi connectivity index (χ4v) is 20.5. The zero-order valence-corrected chi connectivity index (χ0v) is 70.3. The van der Waals surface area contributed by atoms with Gasteiger partial charge >= 0.3 is 0 Å². The van der Waals surface area contributed by atoms with Crippen molar-refractivity contribution < 1.29 is 0 Å². The minimum absolute atomic E-state index is 0.605. The molecule has 22 aromatic rings. The number of anilines is 12. The van der Waals surface area contributed by atoms with Crippen LogP contribution in [0.5, 0.6) is 0 Å². The molecule has 0 saturated heterocycles. The highest BCUT2D eigenvalue weighted by atomic mass is 15.2. The molecule has 0 radical (unpaired) electrons. The molecule has 0 saturated carbocycles. The molecule has 24 rings (SSSR count). The smallest absolute Gasteiger partial charge is 0.0742 e. The molecule has 0 fully saturated rings. The molecule has 604 valence electrons. The van der Waals surface area contributed by atoms with Gasteiger partial charge in [-0.2, -0.15) is 0 Å². The first-order chi connectivity index (χ1) is 63.5. The van der Waals surface area contributed by atoms with Crippen molar-refractivity contribution in [2.24, 2.45) is 0 Å². The summed E-state index contributed by atoms with van der Waals surface area (Å²) in [4.78, 5) is 9.58. The Morgan fingerprint density at radius 2 is 0.398 bits per heavy atom. The van der Waals surface area contributed by atoms with Gasteiger partial charge in [0.25, 0.3) is 0 Å². The first kappa shape index (κ1) is 76.1. The summed E-state index contributed by atoms with van der Waals surface area (Å²) in [7, 11) is 0. The number of para-hydroxylation sites is 10. The van der Waals surface area contributed by atoms with Gasteiger partial charge in [0, 0.05) is 78.4 Å². The number of benzene rings is 20. The molecule has 6 heteroatoms. The lowest BCUT2D eigenvalue weighted by Crippen LogP contribution is -2.37. The van der Waals surface area contributed by atoms with Crippen molar-refractivity contribution in [1.82, 2.24) is 9.13 Å². The lowest BCUT2D eigenvalue weighted by atomic mass is 9.62. The Hall–Kier alpha value is -16.8. The van der Waals surface area contributed by atoms with E-state index in [0.29, 0.717) is 0 Å². The molecule has 0 spiro atoms. The first-order valence-electron chi connectivity index (χ1n) is 44.0. The van der Waals surface area contributed by atoms with Crippen LogP contribution in [0.4, 0.5) is 68.2 Å². The maximum atomic E-state index is 2.47. The third-order valence-corrected chi connectivity index (χ3v) is 26.1. The molecule has 0 amide bonds. The monoisotopic (exact) mass is 1630 g/mol. The fourth-order valence-electron chi connectivity index (χ4n) is 20.5. The van der Waals surface area contributed by atoms with Gasteiger partial charge in [-0.05, 0) is 249 Å².